The lowest BCUT2D eigenvalue weighted by molar-refractivity contribution is -0.146. The number of carbonyl (C=O) groups excluding carboxylic acids is 6. The number of ether oxygens (including phenoxy) is 5. The molecular weight excluding hydrogens is 1060 g/mol. The summed E-state index contributed by atoms with van der Waals surface area (Å²) >= 11 is 6.05. The highest BCUT2D eigenvalue weighted by Crippen LogP contribution is 2.24. The number of amides is 4. The summed E-state index contributed by atoms with van der Waals surface area (Å²) in [5.74, 6) is 0.165. The fraction of sp³-hybridized carbons (Fsp3) is 0.519. The van der Waals surface area contributed by atoms with Gasteiger partial charge in [0.05, 0.1) is 65.1 Å². The minimum Gasteiger partial charge on any atom is -0.467 e. The maximum atomic E-state index is 13.4. The first kappa shape index (κ1) is 61.4. The van der Waals surface area contributed by atoms with E-state index in [9.17, 15) is 33.9 Å². The zero-order valence-electron chi connectivity index (χ0n) is 41.5. The lowest BCUT2D eigenvalue weighted by atomic mass is 9.93. The zero-order valence-corrected chi connectivity index (χ0v) is 44.5. The van der Waals surface area contributed by atoms with Crippen LogP contribution in [0.3, 0.4) is 0 Å². The van der Waals surface area contributed by atoms with Gasteiger partial charge in [-0.05, 0) is 116 Å². The number of ketones is 1. The van der Waals surface area contributed by atoms with Crippen molar-refractivity contribution in [3.05, 3.63) is 99.1 Å². The van der Waals surface area contributed by atoms with E-state index in [0.29, 0.717) is 96.1 Å². The van der Waals surface area contributed by atoms with E-state index >= 15 is 0 Å². The average Bonchev–Trinajstić information content (AvgIpc) is 3.39. The van der Waals surface area contributed by atoms with Gasteiger partial charge in [-0.3, -0.25) is 24.0 Å². The van der Waals surface area contributed by atoms with Gasteiger partial charge in [-0.1, -0.05) is 73.3 Å². The van der Waals surface area contributed by atoms with Crippen molar-refractivity contribution in [1.29, 1.82) is 0 Å². The smallest absolute Gasteiger partial charge is 0.328 e. The number of hydrogen-bond acceptors (Lipinski definition) is 13. The molecule has 4 amide bonds. The van der Waals surface area contributed by atoms with E-state index in [1.54, 1.807) is 11.0 Å². The van der Waals surface area contributed by atoms with Crippen LogP contribution in [-0.2, 0) is 65.4 Å². The van der Waals surface area contributed by atoms with E-state index < -0.39 is 29.9 Å². The zero-order chi connectivity index (χ0) is 52.2. The number of rotatable bonds is 39. The van der Waals surface area contributed by atoms with Crippen LogP contribution in [0.1, 0.15) is 100 Å². The molecule has 0 radical (unpaired) electrons. The molecule has 0 aliphatic carbocycles. The highest BCUT2D eigenvalue weighted by atomic mass is 127. The molecule has 3 aromatic carbocycles. The topological polar surface area (TPSA) is 208 Å². The number of thiol groups is 1. The Labute approximate surface area is 444 Å². The Morgan fingerprint density at radius 3 is 2.01 bits per heavy atom. The first-order valence-electron chi connectivity index (χ1n) is 24.7. The second-order valence-corrected chi connectivity index (χ2v) is 18.5. The molecule has 16 nitrogen and oxygen atoms in total. The number of methoxy groups -OCH3 is 1. The minimum absolute atomic E-state index is 0.0121. The second kappa shape index (κ2) is 37.8. The molecule has 0 fully saturated rings. The summed E-state index contributed by atoms with van der Waals surface area (Å²) in [5, 5.41) is 16.5. The van der Waals surface area contributed by atoms with Crippen LogP contribution in [0.25, 0.3) is 0 Å². The van der Waals surface area contributed by atoms with Gasteiger partial charge in [0.15, 0.2) is 0 Å². The maximum absolute atomic E-state index is 13.4. The molecule has 0 saturated heterocycles. The normalized spacial score (nSPS) is 12.2. The summed E-state index contributed by atoms with van der Waals surface area (Å²) in [6, 6.07) is 24.2. The number of nitrogens with zero attached hydrogens (tertiary/aromatic N) is 1. The number of anilines is 1. The SMILES string of the molecule is C#Cc1ccccc1N(Cc1ccccc1)C(=O)CCC(=O)CCCOCCOCCOCCOCCC(O)CC(CCC(=O)NS)C(=O)NC(CCCCNC(=O)CCCc1ccc(I)cc1)C(=O)OC. The number of benzene rings is 3. The van der Waals surface area contributed by atoms with Crippen LogP contribution < -0.4 is 20.3 Å². The quantitative estimate of drug-likeness (QED) is 0.0137. The Morgan fingerprint density at radius 1 is 0.694 bits per heavy atom. The second-order valence-electron chi connectivity index (χ2n) is 17.1. The summed E-state index contributed by atoms with van der Waals surface area (Å²) < 4.78 is 30.7. The summed E-state index contributed by atoms with van der Waals surface area (Å²) in [7, 11) is 1.24. The molecule has 0 aliphatic heterocycles. The molecular formula is C54H73IN4O12S. The lowest BCUT2D eigenvalue weighted by Gasteiger charge is -2.24. The third-order valence-corrected chi connectivity index (χ3v) is 12.5. The van der Waals surface area contributed by atoms with Crippen LogP contribution in [0, 0.1) is 21.8 Å². The monoisotopic (exact) mass is 1130 g/mol. The molecule has 0 heterocycles. The van der Waals surface area contributed by atoms with Crippen molar-refractivity contribution in [2.75, 3.05) is 71.4 Å². The Kier molecular flexibility index (Phi) is 32.3. The number of hydrogen-bond donors (Lipinski definition) is 5. The number of aryl methyl sites for hydroxylation is 1. The largest absolute Gasteiger partial charge is 0.467 e. The number of para-hydroxylation sites is 1. The van der Waals surface area contributed by atoms with Gasteiger partial charge in [-0.15, -0.1) is 6.42 Å². The number of terminal acetylenes is 1. The Balaban J connectivity index is 1.22. The van der Waals surface area contributed by atoms with E-state index in [0.717, 1.165) is 22.0 Å². The van der Waals surface area contributed by atoms with Gasteiger partial charge in [-0.25, -0.2) is 4.79 Å². The van der Waals surface area contributed by atoms with Crippen molar-refractivity contribution >= 4 is 76.5 Å². The molecule has 72 heavy (non-hydrogen) atoms. The average molecular weight is 1130 g/mol. The summed E-state index contributed by atoms with van der Waals surface area (Å²) in [5.41, 5.74) is 3.39. The highest BCUT2D eigenvalue weighted by Gasteiger charge is 2.28. The molecule has 0 aliphatic rings. The Hall–Kier alpha value is -4.88. The van der Waals surface area contributed by atoms with Crippen LogP contribution in [0.4, 0.5) is 5.69 Å². The number of nitrogens with one attached hydrogen (secondary N) is 3. The number of carbonyl (C=O) groups is 6. The van der Waals surface area contributed by atoms with Crippen molar-refractivity contribution in [2.45, 2.75) is 109 Å². The van der Waals surface area contributed by atoms with Crippen molar-refractivity contribution in [1.82, 2.24) is 15.4 Å². The molecule has 0 saturated carbocycles. The summed E-state index contributed by atoms with van der Waals surface area (Å²) in [4.78, 5) is 78.0. The van der Waals surface area contributed by atoms with Crippen molar-refractivity contribution in [3.8, 4) is 12.3 Å². The van der Waals surface area contributed by atoms with Crippen LogP contribution in [0.5, 0.6) is 0 Å². The molecule has 4 N–H and O–H groups in total. The van der Waals surface area contributed by atoms with Crippen LogP contribution in [0.15, 0.2) is 78.9 Å². The Morgan fingerprint density at radius 2 is 1.35 bits per heavy atom. The molecule has 0 bridgehead atoms. The van der Waals surface area contributed by atoms with E-state index in [1.807, 2.05) is 60.7 Å². The fourth-order valence-corrected chi connectivity index (χ4v) is 7.97. The molecule has 0 aromatic heterocycles. The van der Waals surface area contributed by atoms with Gasteiger partial charge in [0.25, 0.3) is 0 Å². The predicted octanol–water partition coefficient (Wildman–Crippen LogP) is 6.47. The first-order valence-corrected chi connectivity index (χ1v) is 26.2. The van der Waals surface area contributed by atoms with E-state index in [-0.39, 0.29) is 81.7 Å². The number of aliphatic hydroxyl groups is 1. The molecule has 394 valence electrons. The van der Waals surface area contributed by atoms with Gasteiger partial charge in [-0.2, -0.15) is 0 Å². The minimum atomic E-state index is -0.938. The highest BCUT2D eigenvalue weighted by molar-refractivity contribution is 14.1. The summed E-state index contributed by atoms with van der Waals surface area (Å²) in [6.45, 7) is 3.35. The molecule has 0 spiro atoms. The van der Waals surface area contributed by atoms with E-state index in [2.05, 4.69) is 68.8 Å². The first-order chi connectivity index (χ1) is 34.9. The van der Waals surface area contributed by atoms with Crippen molar-refractivity contribution in [3.63, 3.8) is 0 Å². The number of esters is 1. The number of aliphatic hydroxyl groups excluding tert-OH is 1. The van der Waals surface area contributed by atoms with E-state index in [1.165, 1.54) is 12.7 Å². The molecule has 3 unspecified atom stereocenters. The molecule has 3 aromatic rings. The van der Waals surface area contributed by atoms with Crippen LogP contribution in [-0.4, -0.2) is 119 Å². The van der Waals surface area contributed by atoms with Crippen molar-refractivity contribution < 1.29 is 57.6 Å². The Bertz CT molecular complexity index is 2110. The van der Waals surface area contributed by atoms with Crippen LogP contribution in [0.2, 0.25) is 0 Å². The van der Waals surface area contributed by atoms with Gasteiger partial charge < -0.3 is 49.0 Å². The fourth-order valence-electron chi connectivity index (χ4n) is 7.50. The van der Waals surface area contributed by atoms with Gasteiger partial charge in [0.1, 0.15) is 11.8 Å². The third-order valence-electron chi connectivity index (χ3n) is 11.5. The number of Topliss-reactive ketones (excluding diaryl/α,β-unsaturated/α-hetero) is 1. The molecule has 3 rings (SSSR count). The third kappa shape index (κ3) is 26.7. The van der Waals surface area contributed by atoms with Crippen LogP contribution >= 0.6 is 35.4 Å². The van der Waals surface area contributed by atoms with Crippen molar-refractivity contribution in [2.24, 2.45) is 5.92 Å². The van der Waals surface area contributed by atoms with Gasteiger partial charge >= 0.3 is 5.97 Å². The maximum Gasteiger partial charge on any atom is 0.328 e. The number of halogens is 1. The van der Waals surface area contributed by atoms with E-state index in [4.69, 9.17) is 30.1 Å². The standard InChI is InChI=1S/C54H73IN4O12S/c1-3-43-16-7-8-19-49(43)59(40-42-13-5-4-6-14-42)52(64)28-26-46(60)17-12-31-68-33-35-70-37-38-71-36-34-69-32-29-47(61)39-44(23-27-51(63)58-72)53(65)57-48(54(66)67-2)18-9-10-30-56-50(62)20-11-15-41-21-24-45(55)25-22-41/h1,4-8,13-14,16,19,21-22,24-25,44,47-48,61,72H,9-12,15,17-18,20,23,26-40H2,2H3,(H,56,62)(H,57,65)(H,58,63). The summed E-state index contributed by atoms with van der Waals surface area (Å²) in [6.07, 6.45) is 9.58. The van der Waals surface area contributed by atoms with Gasteiger partial charge in [0, 0.05) is 66.9 Å². The molecule has 18 heteroatoms. The lowest BCUT2D eigenvalue weighted by Crippen LogP contribution is -2.45. The molecule has 3 atom stereocenters. The predicted molar refractivity (Wildman–Crippen MR) is 287 cm³/mol. The number of unbranched alkanes of at least 4 members (excludes halogenated alkanes) is 1. The van der Waals surface area contributed by atoms with Gasteiger partial charge in [0.2, 0.25) is 23.6 Å².